The summed E-state index contributed by atoms with van der Waals surface area (Å²) in [6.45, 7) is 3.45. The highest BCUT2D eigenvalue weighted by atomic mass is 35.5. The predicted octanol–water partition coefficient (Wildman–Crippen LogP) is 2.18. The van der Waals surface area contributed by atoms with Crippen LogP contribution in [0.25, 0.3) is 0 Å². The van der Waals surface area contributed by atoms with E-state index in [2.05, 4.69) is 10.0 Å². The van der Waals surface area contributed by atoms with E-state index in [4.69, 9.17) is 11.6 Å². The molecule has 20 heavy (non-hydrogen) atoms. The summed E-state index contributed by atoms with van der Waals surface area (Å²) < 4.78 is 40.2. The summed E-state index contributed by atoms with van der Waals surface area (Å²) in [6, 6.07) is 3.09. The van der Waals surface area contributed by atoms with Crippen molar-refractivity contribution in [1.82, 2.24) is 10.0 Å². The van der Waals surface area contributed by atoms with Crippen LogP contribution in [0.3, 0.4) is 0 Å². The minimum Gasteiger partial charge on any atom is -0.315 e. The largest absolute Gasteiger partial charge is 0.315 e. The first-order chi connectivity index (χ1) is 8.88. The van der Waals surface area contributed by atoms with E-state index in [0.29, 0.717) is 6.54 Å². The summed E-state index contributed by atoms with van der Waals surface area (Å²) >= 11 is 5.68. The highest BCUT2D eigenvalue weighted by Gasteiger charge is 2.27. The minimum atomic E-state index is -3.75. The standard InChI is InChI=1S/C12H16ClFN2O2S.ClH/c1-8-2-3-15-7-12(8)16-19(17,18)11-5-9(13)4-10(14)6-11;/h4-6,8,12,15-16H,2-3,7H2,1H3;1H. The van der Waals surface area contributed by atoms with Gasteiger partial charge in [-0.05, 0) is 37.1 Å². The fourth-order valence-electron chi connectivity index (χ4n) is 2.10. The molecule has 1 aliphatic rings. The van der Waals surface area contributed by atoms with Crippen LogP contribution >= 0.6 is 24.0 Å². The molecule has 0 radical (unpaired) electrons. The molecule has 1 saturated heterocycles. The monoisotopic (exact) mass is 342 g/mol. The zero-order valence-corrected chi connectivity index (χ0v) is 13.3. The molecule has 1 aliphatic heterocycles. The highest BCUT2D eigenvalue weighted by Crippen LogP contribution is 2.20. The highest BCUT2D eigenvalue weighted by molar-refractivity contribution is 7.89. The van der Waals surface area contributed by atoms with E-state index in [1.165, 1.54) is 6.07 Å². The van der Waals surface area contributed by atoms with Gasteiger partial charge in [-0.2, -0.15) is 0 Å². The van der Waals surface area contributed by atoms with E-state index >= 15 is 0 Å². The van der Waals surface area contributed by atoms with Crippen molar-refractivity contribution in [2.45, 2.75) is 24.3 Å². The average molecular weight is 343 g/mol. The van der Waals surface area contributed by atoms with Gasteiger partial charge in [0.2, 0.25) is 10.0 Å². The van der Waals surface area contributed by atoms with Gasteiger partial charge in [-0.3, -0.25) is 0 Å². The maximum Gasteiger partial charge on any atom is 0.241 e. The number of halogens is 3. The molecule has 2 rings (SSSR count). The molecule has 1 aromatic rings. The van der Waals surface area contributed by atoms with Gasteiger partial charge < -0.3 is 5.32 Å². The number of benzene rings is 1. The maximum absolute atomic E-state index is 13.2. The van der Waals surface area contributed by atoms with Gasteiger partial charge in [0, 0.05) is 17.6 Å². The Hall–Kier alpha value is -0.400. The SMILES string of the molecule is CC1CCNCC1NS(=O)(=O)c1cc(F)cc(Cl)c1.Cl. The zero-order chi connectivity index (χ0) is 14.0. The maximum atomic E-state index is 13.2. The van der Waals surface area contributed by atoms with E-state index in [9.17, 15) is 12.8 Å². The van der Waals surface area contributed by atoms with Crippen molar-refractivity contribution in [2.75, 3.05) is 13.1 Å². The second-order valence-electron chi connectivity index (χ2n) is 4.80. The lowest BCUT2D eigenvalue weighted by Gasteiger charge is -2.29. The molecule has 0 amide bonds. The quantitative estimate of drug-likeness (QED) is 0.885. The molecule has 2 unspecified atom stereocenters. The zero-order valence-electron chi connectivity index (χ0n) is 10.9. The van der Waals surface area contributed by atoms with Crippen LogP contribution < -0.4 is 10.0 Å². The molecular weight excluding hydrogens is 326 g/mol. The fraction of sp³-hybridized carbons (Fsp3) is 0.500. The molecule has 4 nitrogen and oxygen atoms in total. The molecule has 2 N–H and O–H groups in total. The lowest BCUT2D eigenvalue weighted by molar-refractivity contribution is 0.327. The Morgan fingerprint density at radius 2 is 2.10 bits per heavy atom. The van der Waals surface area contributed by atoms with Crippen LogP contribution in [0.4, 0.5) is 4.39 Å². The first-order valence-corrected chi connectivity index (χ1v) is 7.94. The number of hydrogen-bond donors (Lipinski definition) is 2. The predicted molar refractivity (Wildman–Crippen MR) is 79.4 cm³/mol. The van der Waals surface area contributed by atoms with E-state index in [0.717, 1.165) is 25.1 Å². The number of piperidine rings is 1. The lowest BCUT2D eigenvalue weighted by atomic mass is 9.96. The molecule has 0 saturated carbocycles. The number of rotatable bonds is 3. The minimum absolute atomic E-state index is 0. The molecule has 0 aliphatic carbocycles. The van der Waals surface area contributed by atoms with Crippen LogP contribution in [0.2, 0.25) is 5.02 Å². The average Bonchev–Trinajstić information content (AvgIpc) is 2.31. The molecule has 114 valence electrons. The molecule has 1 fully saturated rings. The van der Waals surface area contributed by atoms with Gasteiger partial charge in [-0.15, -0.1) is 12.4 Å². The molecule has 1 heterocycles. The molecule has 0 aromatic heterocycles. The van der Waals surface area contributed by atoms with Crippen molar-refractivity contribution in [3.8, 4) is 0 Å². The van der Waals surface area contributed by atoms with Crippen LogP contribution in [-0.4, -0.2) is 27.5 Å². The molecule has 1 aromatic carbocycles. The smallest absolute Gasteiger partial charge is 0.241 e. The first-order valence-electron chi connectivity index (χ1n) is 6.07. The van der Waals surface area contributed by atoms with Gasteiger partial charge >= 0.3 is 0 Å². The van der Waals surface area contributed by atoms with Gasteiger partial charge in [-0.25, -0.2) is 17.5 Å². The summed E-state index contributed by atoms with van der Waals surface area (Å²) in [6.07, 6.45) is 0.900. The van der Waals surface area contributed by atoms with Gasteiger partial charge in [0.15, 0.2) is 0 Å². The van der Waals surface area contributed by atoms with Crippen molar-refractivity contribution in [1.29, 1.82) is 0 Å². The third kappa shape index (κ3) is 4.30. The summed E-state index contributed by atoms with van der Waals surface area (Å²) in [5.74, 6) is -0.428. The fourth-order valence-corrected chi connectivity index (χ4v) is 3.79. The van der Waals surface area contributed by atoms with E-state index < -0.39 is 15.8 Å². The van der Waals surface area contributed by atoms with Crippen molar-refractivity contribution in [2.24, 2.45) is 5.92 Å². The van der Waals surface area contributed by atoms with E-state index in [1.54, 1.807) is 0 Å². The van der Waals surface area contributed by atoms with Gasteiger partial charge in [0.1, 0.15) is 5.82 Å². The van der Waals surface area contributed by atoms with E-state index in [-0.39, 0.29) is 34.3 Å². The topological polar surface area (TPSA) is 58.2 Å². The van der Waals surface area contributed by atoms with Crippen LogP contribution in [0.15, 0.2) is 23.1 Å². The van der Waals surface area contributed by atoms with Crippen LogP contribution in [0.1, 0.15) is 13.3 Å². The number of sulfonamides is 1. The van der Waals surface area contributed by atoms with Crippen LogP contribution in [0, 0.1) is 11.7 Å². The summed E-state index contributed by atoms with van der Waals surface area (Å²) in [5, 5.41) is 3.20. The summed E-state index contributed by atoms with van der Waals surface area (Å²) in [4.78, 5) is -0.143. The first kappa shape index (κ1) is 17.7. The second-order valence-corrected chi connectivity index (χ2v) is 6.95. The molecule has 2 atom stereocenters. The van der Waals surface area contributed by atoms with Crippen LogP contribution in [0.5, 0.6) is 0 Å². The lowest BCUT2D eigenvalue weighted by Crippen LogP contribution is -2.50. The summed E-state index contributed by atoms with van der Waals surface area (Å²) in [5.41, 5.74) is 0. The van der Waals surface area contributed by atoms with Gasteiger partial charge in [0.05, 0.1) is 4.90 Å². The Kier molecular flexibility index (Phi) is 6.22. The Balaban J connectivity index is 0.00000200. The van der Waals surface area contributed by atoms with Gasteiger partial charge in [0.25, 0.3) is 0 Å². The summed E-state index contributed by atoms with van der Waals surface area (Å²) in [7, 11) is -3.75. The normalized spacial score (nSPS) is 23.1. The third-order valence-corrected chi connectivity index (χ3v) is 4.97. The van der Waals surface area contributed by atoms with Crippen molar-refractivity contribution in [3.05, 3.63) is 29.0 Å². The molecule has 0 bridgehead atoms. The molecular formula is C12H17Cl2FN2O2S. The Morgan fingerprint density at radius 3 is 2.70 bits per heavy atom. The molecule has 8 heteroatoms. The Bertz CT molecular complexity index is 548. The van der Waals surface area contributed by atoms with Crippen molar-refractivity contribution < 1.29 is 12.8 Å². The Labute approximate surface area is 129 Å². The second kappa shape index (κ2) is 7.04. The Morgan fingerprint density at radius 1 is 1.40 bits per heavy atom. The van der Waals surface area contributed by atoms with Crippen molar-refractivity contribution in [3.63, 3.8) is 0 Å². The van der Waals surface area contributed by atoms with Gasteiger partial charge in [-0.1, -0.05) is 18.5 Å². The van der Waals surface area contributed by atoms with E-state index in [1.807, 2.05) is 6.92 Å². The third-order valence-electron chi connectivity index (χ3n) is 3.28. The number of hydrogen-bond acceptors (Lipinski definition) is 3. The van der Waals surface area contributed by atoms with Crippen molar-refractivity contribution >= 4 is 34.0 Å². The number of nitrogens with one attached hydrogen (secondary N) is 2. The van der Waals surface area contributed by atoms with Crippen LogP contribution in [-0.2, 0) is 10.0 Å². The molecule has 0 spiro atoms.